The largest absolute Gasteiger partial charge is 0.270 e. The molecule has 3 heteroatoms. The van der Waals surface area contributed by atoms with Gasteiger partial charge in [0.15, 0.2) is 0 Å². The van der Waals surface area contributed by atoms with E-state index in [4.69, 9.17) is 0 Å². The minimum Gasteiger partial charge on any atom is -0.270 e. The van der Waals surface area contributed by atoms with Crippen LogP contribution in [0.25, 0.3) is 0 Å². The summed E-state index contributed by atoms with van der Waals surface area (Å²) in [6, 6.07) is 19.6. The van der Waals surface area contributed by atoms with Crippen LogP contribution in [-0.2, 0) is 4.79 Å². The lowest BCUT2D eigenvalue weighted by Gasteiger charge is -2.44. The monoisotopic (exact) mass is 224 g/mol. The van der Waals surface area contributed by atoms with Crippen molar-refractivity contribution in [2.75, 3.05) is 16.6 Å². The van der Waals surface area contributed by atoms with Crippen LogP contribution in [0, 0.1) is 0 Å². The van der Waals surface area contributed by atoms with Gasteiger partial charge in [0.2, 0.25) is 0 Å². The summed E-state index contributed by atoms with van der Waals surface area (Å²) >= 11 is 0. The molecule has 0 radical (unpaired) electrons. The van der Waals surface area contributed by atoms with E-state index < -0.39 is 0 Å². The van der Waals surface area contributed by atoms with Gasteiger partial charge in [0, 0.05) is 0 Å². The maximum atomic E-state index is 11.7. The fourth-order valence-electron chi connectivity index (χ4n) is 1.98. The Kier molecular flexibility index (Phi) is 2.29. The summed E-state index contributed by atoms with van der Waals surface area (Å²) in [6.07, 6.45) is 0. The molecule has 1 amide bonds. The van der Waals surface area contributed by atoms with Crippen molar-refractivity contribution in [3.8, 4) is 0 Å². The second-order valence-corrected chi connectivity index (χ2v) is 3.93. The van der Waals surface area contributed by atoms with E-state index in [-0.39, 0.29) is 5.91 Å². The van der Waals surface area contributed by atoms with E-state index in [0.717, 1.165) is 11.4 Å². The SMILES string of the molecule is O=C1CN(c2ccccc2)N1c1ccccc1. The van der Waals surface area contributed by atoms with Gasteiger partial charge < -0.3 is 0 Å². The molecule has 1 aliphatic heterocycles. The predicted octanol–water partition coefficient (Wildman–Crippen LogP) is 2.45. The topological polar surface area (TPSA) is 23.6 Å². The first kappa shape index (κ1) is 9.90. The molecule has 1 fully saturated rings. The quantitative estimate of drug-likeness (QED) is 0.782. The van der Waals surface area contributed by atoms with Gasteiger partial charge in [0.25, 0.3) is 5.91 Å². The average Bonchev–Trinajstić information content (AvgIpc) is 2.38. The summed E-state index contributed by atoms with van der Waals surface area (Å²) in [7, 11) is 0. The van der Waals surface area contributed by atoms with Crippen molar-refractivity contribution in [3.63, 3.8) is 0 Å². The minimum absolute atomic E-state index is 0.125. The summed E-state index contributed by atoms with van der Waals surface area (Å²) in [6.45, 7) is 0.443. The molecule has 0 spiro atoms. The molecular weight excluding hydrogens is 212 g/mol. The first-order valence-corrected chi connectivity index (χ1v) is 5.57. The van der Waals surface area contributed by atoms with Crippen LogP contribution in [0.5, 0.6) is 0 Å². The second kappa shape index (κ2) is 3.94. The van der Waals surface area contributed by atoms with E-state index in [0.29, 0.717) is 6.54 Å². The van der Waals surface area contributed by atoms with Gasteiger partial charge in [-0.3, -0.25) is 9.80 Å². The van der Waals surface area contributed by atoms with Crippen LogP contribution in [-0.4, -0.2) is 12.5 Å². The second-order valence-electron chi connectivity index (χ2n) is 3.93. The number of benzene rings is 2. The number of rotatable bonds is 2. The van der Waals surface area contributed by atoms with Crippen molar-refractivity contribution >= 4 is 17.3 Å². The van der Waals surface area contributed by atoms with Gasteiger partial charge in [-0.1, -0.05) is 36.4 Å². The van der Waals surface area contributed by atoms with Crippen molar-refractivity contribution in [2.24, 2.45) is 0 Å². The van der Waals surface area contributed by atoms with Gasteiger partial charge >= 0.3 is 0 Å². The number of nitrogens with zero attached hydrogens (tertiary/aromatic N) is 2. The highest BCUT2D eigenvalue weighted by Crippen LogP contribution is 2.28. The molecule has 0 bridgehead atoms. The molecule has 0 aliphatic carbocycles. The number of hydrazine groups is 1. The molecule has 1 saturated heterocycles. The summed E-state index contributed by atoms with van der Waals surface area (Å²) in [5.41, 5.74) is 1.95. The normalized spacial score (nSPS) is 14.7. The fraction of sp³-hybridized carbons (Fsp3) is 0.0714. The number of hydrogen-bond donors (Lipinski definition) is 0. The molecule has 0 atom stereocenters. The van der Waals surface area contributed by atoms with Crippen molar-refractivity contribution in [1.29, 1.82) is 0 Å². The number of carbonyl (C=O) groups is 1. The Hall–Kier alpha value is -2.29. The molecule has 0 aromatic heterocycles. The molecule has 0 unspecified atom stereocenters. The Morgan fingerprint density at radius 1 is 0.765 bits per heavy atom. The molecular formula is C14H12N2O. The Bertz CT molecular complexity index is 524. The van der Waals surface area contributed by atoms with Crippen LogP contribution in [0.3, 0.4) is 0 Å². The molecule has 0 N–H and O–H groups in total. The molecule has 84 valence electrons. The summed E-state index contributed by atoms with van der Waals surface area (Å²) in [5.74, 6) is 0.125. The third-order valence-corrected chi connectivity index (χ3v) is 2.82. The Morgan fingerprint density at radius 2 is 1.29 bits per heavy atom. The highest BCUT2D eigenvalue weighted by atomic mass is 16.2. The van der Waals surface area contributed by atoms with Crippen molar-refractivity contribution in [3.05, 3.63) is 60.7 Å². The Morgan fingerprint density at radius 3 is 1.82 bits per heavy atom. The lowest BCUT2D eigenvalue weighted by molar-refractivity contribution is -0.121. The highest BCUT2D eigenvalue weighted by molar-refractivity contribution is 6.06. The molecule has 1 heterocycles. The molecule has 17 heavy (non-hydrogen) atoms. The van der Waals surface area contributed by atoms with E-state index >= 15 is 0 Å². The lowest BCUT2D eigenvalue weighted by Crippen LogP contribution is -2.62. The van der Waals surface area contributed by atoms with Crippen molar-refractivity contribution in [1.82, 2.24) is 0 Å². The molecule has 3 rings (SSSR count). The zero-order chi connectivity index (χ0) is 11.7. The van der Waals surface area contributed by atoms with Crippen LogP contribution < -0.4 is 10.0 Å². The summed E-state index contributed by atoms with van der Waals surface area (Å²) < 4.78 is 0. The van der Waals surface area contributed by atoms with Gasteiger partial charge in [-0.05, 0) is 24.3 Å². The third-order valence-electron chi connectivity index (χ3n) is 2.82. The van der Waals surface area contributed by atoms with Crippen LogP contribution in [0.4, 0.5) is 11.4 Å². The molecule has 0 saturated carbocycles. The number of para-hydroxylation sites is 2. The average molecular weight is 224 g/mol. The summed E-state index contributed by atoms with van der Waals surface area (Å²) in [5, 5.41) is 3.67. The van der Waals surface area contributed by atoms with Crippen molar-refractivity contribution in [2.45, 2.75) is 0 Å². The van der Waals surface area contributed by atoms with E-state index in [9.17, 15) is 4.79 Å². The maximum absolute atomic E-state index is 11.7. The van der Waals surface area contributed by atoms with Crippen molar-refractivity contribution < 1.29 is 4.79 Å². The number of carbonyl (C=O) groups excluding carboxylic acids is 1. The Balaban J connectivity index is 1.92. The Labute approximate surface area is 99.9 Å². The van der Waals surface area contributed by atoms with E-state index in [1.807, 2.05) is 65.7 Å². The smallest absolute Gasteiger partial charge is 0.267 e. The van der Waals surface area contributed by atoms with Crippen LogP contribution in [0.2, 0.25) is 0 Å². The lowest BCUT2D eigenvalue weighted by atomic mass is 10.2. The van der Waals surface area contributed by atoms with Crippen LogP contribution in [0.15, 0.2) is 60.7 Å². The van der Waals surface area contributed by atoms with Gasteiger partial charge in [-0.15, -0.1) is 0 Å². The molecule has 1 aliphatic rings. The maximum Gasteiger partial charge on any atom is 0.267 e. The molecule has 2 aromatic carbocycles. The van der Waals surface area contributed by atoms with Gasteiger partial charge in [-0.2, -0.15) is 0 Å². The van der Waals surface area contributed by atoms with E-state index in [2.05, 4.69) is 0 Å². The highest BCUT2D eigenvalue weighted by Gasteiger charge is 2.35. The number of amides is 1. The third kappa shape index (κ3) is 1.65. The van der Waals surface area contributed by atoms with Crippen LogP contribution in [0.1, 0.15) is 0 Å². The first-order valence-electron chi connectivity index (χ1n) is 5.57. The van der Waals surface area contributed by atoms with E-state index in [1.54, 1.807) is 5.01 Å². The van der Waals surface area contributed by atoms with E-state index in [1.165, 1.54) is 0 Å². The zero-order valence-corrected chi connectivity index (χ0v) is 9.28. The predicted molar refractivity (Wildman–Crippen MR) is 67.7 cm³/mol. The van der Waals surface area contributed by atoms with Gasteiger partial charge in [0.1, 0.15) is 6.54 Å². The molecule has 2 aromatic rings. The standard InChI is InChI=1S/C14H12N2O/c17-14-11-15(12-7-3-1-4-8-12)16(14)13-9-5-2-6-10-13/h1-10H,11H2. The number of anilines is 2. The fourth-order valence-corrected chi connectivity index (χ4v) is 1.98. The summed E-state index contributed by atoms with van der Waals surface area (Å²) in [4.78, 5) is 11.7. The zero-order valence-electron chi connectivity index (χ0n) is 9.28. The number of hydrogen-bond acceptors (Lipinski definition) is 2. The van der Waals surface area contributed by atoms with Crippen LogP contribution >= 0.6 is 0 Å². The van der Waals surface area contributed by atoms with Gasteiger partial charge in [0.05, 0.1) is 11.4 Å². The first-order chi connectivity index (χ1) is 8.36. The van der Waals surface area contributed by atoms with Gasteiger partial charge in [-0.25, -0.2) is 5.01 Å². The minimum atomic E-state index is 0.125. The molecule has 3 nitrogen and oxygen atoms in total.